The summed E-state index contributed by atoms with van der Waals surface area (Å²) in [5.74, 6) is 0.790. The maximum absolute atomic E-state index is 12.1. The number of benzene rings is 2. The first-order valence-electron chi connectivity index (χ1n) is 7.11. The van der Waals surface area contributed by atoms with Gasteiger partial charge in [0.25, 0.3) is 0 Å². The zero-order chi connectivity index (χ0) is 16.2. The molecule has 0 aromatic heterocycles. The highest BCUT2D eigenvalue weighted by Gasteiger charge is 2.09. The van der Waals surface area contributed by atoms with Crippen molar-refractivity contribution in [1.82, 2.24) is 0 Å². The van der Waals surface area contributed by atoms with Crippen molar-refractivity contribution in [2.75, 3.05) is 12.1 Å². The SMILES string of the molecule is CC(=O)Nc1ccc2cc1OCOc1ccc(cc1)C(=O)/C=C\2. The van der Waals surface area contributed by atoms with Gasteiger partial charge in [0.2, 0.25) is 12.7 Å². The van der Waals surface area contributed by atoms with Crippen LogP contribution in [0.3, 0.4) is 0 Å². The zero-order valence-corrected chi connectivity index (χ0v) is 12.5. The van der Waals surface area contributed by atoms with Gasteiger partial charge in [0.15, 0.2) is 5.78 Å². The van der Waals surface area contributed by atoms with Crippen molar-refractivity contribution in [3.8, 4) is 11.5 Å². The van der Waals surface area contributed by atoms with Crippen molar-refractivity contribution < 1.29 is 19.1 Å². The van der Waals surface area contributed by atoms with Gasteiger partial charge in [0.1, 0.15) is 11.5 Å². The minimum Gasteiger partial charge on any atom is -0.457 e. The van der Waals surface area contributed by atoms with E-state index in [-0.39, 0.29) is 18.5 Å². The van der Waals surface area contributed by atoms with E-state index in [1.807, 2.05) is 0 Å². The number of hydrogen-bond acceptors (Lipinski definition) is 4. The Morgan fingerprint density at radius 1 is 1.04 bits per heavy atom. The van der Waals surface area contributed by atoms with Crippen molar-refractivity contribution in [3.05, 3.63) is 59.7 Å². The first kappa shape index (κ1) is 14.8. The Morgan fingerprint density at radius 2 is 1.83 bits per heavy atom. The molecule has 2 heterocycles. The number of ether oxygens (including phenoxy) is 2. The lowest BCUT2D eigenvalue weighted by atomic mass is 10.1. The van der Waals surface area contributed by atoms with E-state index in [1.54, 1.807) is 48.5 Å². The quantitative estimate of drug-likeness (QED) is 0.878. The number of fused-ring (bicyclic) bond motifs is 5. The molecule has 0 unspecified atom stereocenters. The second kappa shape index (κ2) is 6.36. The maximum Gasteiger partial charge on any atom is 0.230 e. The number of carbonyl (C=O) groups excluding carboxylic acids is 2. The van der Waals surface area contributed by atoms with Gasteiger partial charge >= 0.3 is 0 Å². The summed E-state index contributed by atoms with van der Waals surface area (Å²) in [6, 6.07) is 12.1. The third-order valence-electron chi connectivity index (χ3n) is 3.32. The molecule has 0 aliphatic carbocycles. The number of carbonyl (C=O) groups is 2. The lowest BCUT2D eigenvalue weighted by Gasteiger charge is -2.13. The predicted molar refractivity (Wildman–Crippen MR) is 86.7 cm³/mol. The second-order valence-electron chi connectivity index (χ2n) is 5.07. The van der Waals surface area contributed by atoms with Crippen LogP contribution in [0.5, 0.6) is 11.5 Å². The molecule has 2 aliphatic heterocycles. The van der Waals surface area contributed by atoms with Gasteiger partial charge in [-0.15, -0.1) is 0 Å². The zero-order valence-electron chi connectivity index (χ0n) is 12.5. The van der Waals surface area contributed by atoms with Gasteiger partial charge in [-0.25, -0.2) is 0 Å². The highest BCUT2D eigenvalue weighted by atomic mass is 16.7. The molecular weight excluding hydrogens is 294 g/mol. The summed E-state index contributed by atoms with van der Waals surface area (Å²) in [6.45, 7) is 1.42. The Hall–Kier alpha value is -3.08. The summed E-state index contributed by atoms with van der Waals surface area (Å²) in [5, 5.41) is 2.70. The molecule has 0 spiro atoms. The Kier molecular flexibility index (Phi) is 4.10. The summed E-state index contributed by atoms with van der Waals surface area (Å²) < 4.78 is 11.1. The third-order valence-corrected chi connectivity index (χ3v) is 3.32. The van der Waals surface area contributed by atoms with Crippen LogP contribution in [-0.4, -0.2) is 18.5 Å². The first-order chi connectivity index (χ1) is 11.1. The minimum atomic E-state index is -0.192. The predicted octanol–water partition coefficient (Wildman–Crippen LogP) is 3.27. The standard InChI is InChI=1S/C18H15NO4/c1-12(20)19-16-8-2-13-3-9-17(21)14-4-6-15(7-5-14)22-11-23-18(16)10-13/h2-10H,11H2,1H3,(H,19,20)/b9-3-. The topological polar surface area (TPSA) is 64.6 Å². The molecule has 0 radical (unpaired) electrons. The molecule has 0 saturated carbocycles. The molecule has 2 aromatic carbocycles. The van der Waals surface area contributed by atoms with Gasteiger partial charge in [-0.2, -0.15) is 0 Å². The summed E-state index contributed by atoms with van der Waals surface area (Å²) in [4.78, 5) is 23.4. The van der Waals surface area contributed by atoms with Crippen molar-refractivity contribution >= 4 is 23.5 Å². The van der Waals surface area contributed by atoms with Gasteiger partial charge < -0.3 is 14.8 Å². The molecule has 2 aliphatic rings. The summed E-state index contributed by atoms with van der Waals surface area (Å²) in [7, 11) is 0. The number of amides is 1. The van der Waals surface area contributed by atoms with Crippen LogP contribution in [0.2, 0.25) is 0 Å². The lowest BCUT2D eigenvalue weighted by molar-refractivity contribution is -0.114. The van der Waals surface area contributed by atoms with Crippen molar-refractivity contribution in [3.63, 3.8) is 0 Å². The van der Waals surface area contributed by atoms with Crippen molar-refractivity contribution in [2.45, 2.75) is 6.92 Å². The average molecular weight is 309 g/mol. The van der Waals surface area contributed by atoms with E-state index in [2.05, 4.69) is 5.32 Å². The molecular formula is C18H15NO4. The fourth-order valence-electron chi connectivity index (χ4n) is 2.20. The van der Waals surface area contributed by atoms with E-state index >= 15 is 0 Å². The first-order valence-corrected chi connectivity index (χ1v) is 7.11. The minimum absolute atomic E-state index is 0.00690. The Bertz CT molecular complexity index is 778. The molecule has 23 heavy (non-hydrogen) atoms. The van der Waals surface area contributed by atoms with Gasteiger partial charge in [-0.1, -0.05) is 12.1 Å². The normalized spacial score (nSPS) is 14.6. The molecule has 4 bridgehead atoms. The number of nitrogens with one attached hydrogen (secondary N) is 1. The van der Waals surface area contributed by atoms with Crippen LogP contribution in [0.4, 0.5) is 5.69 Å². The van der Waals surface area contributed by atoms with E-state index in [0.717, 1.165) is 5.56 Å². The number of allylic oxidation sites excluding steroid dienone is 1. The fraction of sp³-hybridized carbons (Fsp3) is 0.111. The van der Waals surface area contributed by atoms with Crippen LogP contribution >= 0.6 is 0 Å². The maximum atomic E-state index is 12.1. The van der Waals surface area contributed by atoms with E-state index in [9.17, 15) is 9.59 Å². The van der Waals surface area contributed by atoms with Crippen LogP contribution in [0.25, 0.3) is 6.08 Å². The van der Waals surface area contributed by atoms with Crippen LogP contribution in [0.1, 0.15) is 22.8 Å². The van der Waals surface area contributed by atoms with Crippen LogP contribution < -0.4 is 14.8 Å². The van der Waals surface area contributed by atoms with Gasteiger partial charge in [-0.05, 0) is 48.0 Å². The molecule has 0 saturated heterocycles. The molecule has 4 rings (SSSR count). The lowest BCUT2D eigenvalue weighted by Crippen LogP contribution is -2.11. The highest BCUT2D eigenvalue weighted by molar-refractivity contribution is 6.06. The van der Waals surface area contributed by atoms with Crippen LogP contribution in [-0.2, 0) is 4.79 Å². The van der Waals surface area contributed by atoms with E-state index in [0.29, 0.717) is 22.7 Å². The number of ketones is 1. The van der Waals surface area contributed by atoms with E-state index < -0.39 is 0 Å². The third kappa shape index (κ3) is 3.58. The Balaban J connectivity index is 1.98. The summed E-state index contributed by atoms with van der Waals surface area (Å²) in [6.07, 6.45) is 3.21. The molecule has 116 valence electrons. The molecule has 1 N–H and O–H groups in total. The summed E-state index contributed by atoms with van der Waals surface area (Å²) in [5.41, 5.74) is 1.93. The highest BCUT2D eigenvalue weighted by Crippen LogP contribution is 2.27. The smallest absolute Gasteiger partial charge is 0.230 e. The van der Waals surface area contributed by atoms with Gasteiger partial charge in [0, 0.05) is 12.5 Å². The van der Waals surface area contributed by atoms with E-state index in [1.165, 1.54) is 13.0 Å². The van der Waals surface area contributed by atoms with Crippen molar-refractivity contribution in [1.29, 1.82) is 0 Å². The molecule has 0 fully saturated rings. The van der Waals surface area contributed by atoms with Gasteiger partial charge in [-0.3, -0.25) is 9.59 Å². The fourth-order valence-corrected chi connectivity index (χ4v) is 2.20. The molecule has 5 heteroatoms. The number of hydrogen-bond donors (Lipinski definition) is 1. The Labute approximate surface area is 133 Å². The summed E-state index contributed by atoms with van der Waals surface area (Å²) >= 11 is 0. The largest absolute Gasteiger partial charge is 0.457 e. The number of rotatable bonds is 1. The molecule has 1 amide bonds. The molecule has 2 aromatic rings. The molecule has 5 nitrogen and oxygen atoms in total. The van der Waals surface area contributed by atoms with E-state index in [4.69, 9.17) is 9.47 Å². The van der Waals surface area contributed by atoms with Crippen LogP contribution in [0, 0.1) is 0 Å². The monoisotopic (exact) mass is 309 g/mol. The van der Waals surface area contributed by atoms with Crippen molar-refractivity contribution in [2.24, 2.45) is 0 Å². The van der Waals surface area contributed by atoms with Gasteiger partial charge in [0.05, 0.1) is 5.69 Å². The number of anilines is 1. The van der Waals surface area contributed by atoms with Crippen LogP contribution in [0.15, 0.2) is 48.5 Å². The average Bonchev–Trinajstić information content (AvgIpc) is 2.55. The Morgan fingerprint density at radius 3 is 2.57 bits per heavy atom. The molecule has 0 atom stereocenters. The second-order valence-corrected chi connectivity index (χ2v) is 5.07.